The van der Waals surface area contributed by atoms with Gasteiger partial charge in [0.1, 0.15) is 0 Å². The molecule has 0 saturated heterocycles. The summed E-state index contributed by atoms with van der Waals surface area (Å²) in [5.41, 5.74) is 9.62. The molecule has 18 heavy (non-hydrogen) atoms. The second-order valence-corrected chi connectivity index (χ2v) is 5.03. The van der Waals surface area contributed by atoms with Gasteiger partial charge in [-0.2, -0.15) is 0 Å². The molecule has 0 heterocycles. The minimum absolute atomic E-state index is 0.354. The van der Waals surface area contributed by atoms with E-state index in [4.69, 9.17) is 17.3 Å². The van der Waals surface area contributed by atoms with Gasteiger partial charge in [0.15, 0.2) is 0 Å². The molecule has 94 valence electrons. The van der Waals surface area contributed by atoms with E-state index in [-0.39, 0.29) is 0 Å². The van der Waals surface area contributed by atoms with Crippen molar-refractivity contribution in [3.05, 3.63) is 70.2 Å². The van der Waals surface area contributed by atoms with Gasteiger partial charge in [0.25, 0.3) is 0 Å². The lowest BCUT2D eigenvalue weighted by Crippen LogP contribution is -2.09. The van der Waals surface area contributed by atoms with E-state index in [1.165, 1.54) is 16.7 Å². The Morgan fingerprint density at radius 2 is 1.78 bits per heavy atom. The summed E-state index contributed by atoms with van der Waals surface area (Å²) in [6.07, 6.45) is 0.949. The number of nitrogens with two attached hydrogens (primary N) is 1. The summed E-state index contributed by atoms with van der Waals surface area (Å²) in [5.74, 6) is 0.354. The van der Waals surface area contributed by atoms with E-state index >= 15 is 0 Å². The van der Waals surface area contributed by atoms with Gasteiger partial charge >= 0.3 is 0 Å². The third-order valence-electron chi connectivity index (χ3n) is 3.17. The predicted octanol–water partition coefficient (Wildman–Crippen LogP) is 4.13. The maximum absolute atomic E-state index is 5.94. The van der Waals surface area contributed by atoms with E-state index in [1.807, 2.05) is 12.1 Å². The molecule has 0 aliphatic rings. The van der Waals surface area contributed by atoms with Crippen molar-refractivity contribution in [2.24, 2.45) is 5.73 Å². The summed E-state index contributed by atoms with van der Waals surface area (Å²) >= 11 is 5.94. The Bertz CT molecular complexity index is 505. The smallest absolute Gasteiger partial charge is 0.0406 e. The maximum atomic E-state index is 5.94. The molecule has 0 bridgehead atoms. The summed E-state index contributed by atoms with van der Waals surface area (Å²) in [6.45, 7) is 2.80. The van der Waals surface area contributed by atoms with Crippen molar-refractivity contribution in [2.75, 3.05) is 6.54 Å². The SMILES string of the molecule is Cc1cccc(C(CCN)c2ccc(Cl)cc2)c1. The van der Waals surface area contributed by atoms with Gasteiger partial charge in [0.2, 0.25) is 0 Å². The van der Waals surface area contributed by atoms with Gasteiger partial charge in [-0.25, -0.2) is 0 Å². The zero-order chi connectivity index (χ0) is 13.0. The van der Waals surface area contributed by atoms with Crippen molar-refractivity contribution in [3.63, 3.8) is 0 Å². The molecule has 2 heteroatoms. The molecule has 2 aromatic carbocycles. The van der Waals surface area contributed by atoms with Gasteiger partial charge in [0.05, 0.1) is 0 Å². The highest BCUT2D eigenvalue weighted by atomic mass is 35.5. The van der Waals surface area contributed by atoms with Gasteiger partial charge in [-0.3, -0.25) is 0 Å². The lowest BCUT2D eigenvalue weighted by molar-refractivity contribution is 0.725. The Morgan fingerprint density at radius 3 is 2.39 bits per heavy atom. The Labute approximate surface area is 114 Å². The number of halogens is 1. The minimum Gasteiger partial charge on any atom is -0.330 e. The molecule has 2 aromatic rings. The Morgan fingerprint density at radius 1 is 1.06 bits per heavy atom. The number of aryl methyl sites for hydroxylation is 1. The van der Waals surface area contributed by atoms with Crippen LogP contribution in [0.5, 0.6) is 0 Å². The fraction of sp³-hybridized carbons (Fsp3) is 0.250. The third-order valence-corrected chi connectivity index (χ3v) is 3.42. The van der Waals surface area contributed by atoms with Gasteiger partial charge in [-0.05, 0) is 43.1 Å². The second-order valence-electron chi connectivity index (χ2n) is 4.60. The van der Waals surface area contributed by atoms with E-state index in [9.17, 15) is 0 Å². The van der Waals surface area contributed by atoms with Crippen molar-refractivity contribution in [2.45, 2.75) is 19.3 Å². The van der Waals surface area contributed by atoms with Crippen molar-refractivity contribution < 1.29 is 0 Å². The Kier molecular flexibility index (Phi) is 4.40. The molecule has 0 saturated carbocycles. The number of rotatable bonds is 4. The van der Waals surface area contributed by atoms with Crippen LogP contribution in [0.3, 0.4) is 0 Å². The van der Waals surface area contributed by atoms with Crippen molar-refractivity contribution in [1.29, 1.82) is 0 Å². The van der Waals surface area contributed by atoms with E-state index in [0.29, 0.717) is 12.5 Å². The molecule has 2 N–H and O–H groups in total. The average Bonchev–Trinajstić information content (AvgIpc) is 2.37. The van der Waals surface area contributed by atoms with Crippen LogP contribution in [0.15, 0.2) is 48.5 Å². The van der Waals surface area contributed by atoms with Crippen LogP contribution in [-0.2, 0) is 0 Å². The molecule has 1 unspecified atom stereocenters. The van der Waals surface area contributed by atoms with Gasteiger partial charge in [-0.1, -0.05) is 53.6 Å². The quantitative estimate of drug-likeness (QED) is 0.878. The van der Waals surface area contributed by atoms with Crippen LogP contribution in [0, 0.1) is 6.92 Å². The van der Waals surface area contributed by atoms with Crippen molar-refractivity contribution in [1.82, 2.24) is 0 Å². The van der Waals surface area contributed by atoms with E-state index in [1.54, 1.807) is 0 Å². The van der Waals surface area contributed by atoms with Crippen LogP contribution in [0.2, 0.25) is 5.02 Å². The van der Waals surface area contributed by atoms with Crippen LogP contribution in [-0.4, -0.2) is 6.54 Å². The zero-order valence-corrected chi connectivity index (χ0v) is 11.3. The summed E-state index contributed by atoms with van der Waals surface area (Å²) in [5, 5.41) is 0.773. The first-order chi connectivity index (χ1) is 8.70. The van der Waals surface area contributed by atoms with Crippen LogP contribution in [0.1, 0.15) is 29.0 Å². The Hall–Kier alpha value is -1.31. The first kappa shape index (κ1) is 13.1. The Balaban J connectivity index is 2.36. The highest BCUT2D eigenvalue weighted by molar-refractivity contribution is 6.30. The lowest BCUT2D eigenvalue weighted by Gasteiger charge is -2.18. The first-order valence-electron chi connectivity index (χ1n) is 6.23. The molecule has 0 fully saturated rings. The number of benzene rings is 2. The molecule has 0 amide bonds. The highest BCUT2D eigenvalue weighted by Gasteiger charge is 2.13. The normalized spacial score (nSPS) is 12.4. The van der Waals surface area contributed by atoms with Gasteiger partial charge in [-0.15, -0.1) is 0 Å². The van der Waals surface area contributed by atoms with Crippen LogP contribution in [0.25, 0.3) is 0 Å². The molecular formula is C16H18ClN. The molecule has 0 aromatic heterocycles. The fourth-order valence-corrected chi connectivity index (χ4v) is 2.40. The fourth-order valence-electron chi connectivity index (χ4n) is 2.27. The summed E-state index contributed by atoms with van der Waals surface area (Å²) < 4.78 is 0. The molecular weight excluding hydrogens is 242 g/mol. The van der Waals surface area contributed by atoms with Crippen LogP contribution in [0.4, 0.5) is 0 Å². The summed E-state index contributed by atoms with van der Waals surface area (Å²) in [4.78, 5) is 0. The minimum atomic E-state index is 0.354. The predicted molar refractivity (Wildman–Crippen MR) is 78.1 cm³/mol. The standard InChI is InChI=1S/C16H18ClN/c1-12-3-2-4-14(11-12)16(9-10-18)13-5-7-15(17)8-6-13/h2-8,11,16H,9-10,18H2,1H3. The molecule has 0 radical (unpaired) electrons. The van der Waals surface area contributed by atoms with Gasteiger partial charge in [0, 0.05) is 10.9 Å². The van der Waals surface area contributed by atoms with Crippen molar-refractivity contribution in [3.8, 4) is 0 Å². The average molecular weight is 260 g/mol. The molecule has 1 atom stereocenters. The number of hydrogen-bond donors (Lipinski definition) is 1. The molecule has 2 rings (SSSR count). The van der Waals surface area contributed by atoms with E-state index in [2.05, 4.69) is 43.3 Å². The van der Waals surface area contributed by atoms with E-state index < -0.39 is 0 Å². The van der Waals surface area contributed by atoms with Crippen LogP contribution >= 0.6 is 11.6 Å². The third kappa shape index (κ3) is 3.12. The molecule has 1 nitrogen and oxygen atoms in total. The van der Waals surface area contributed by atoms with Gasteiger partial charge < -0.3 is 5.73 Å². The number of hydrogen-bond acceptors (Lipinski definition) is 1. The zero-order valence-electron chi connectivity index (χ0n) is 10.6. The monoisotopic (exact) mass is 259 g/mol. The molecule has 0 aliphatic heterocycles. The largest absolute Gasteiger partial charge is 0.330 e. The van der Waals surface area contributed by atoms with Crippen molar-refractivity contribution >= 4 is 11.6 Å². The lowest BCUT2D eigenvalue weighted by atomic mass is 9.88. The highest BCUT2D eigenvalue weighted by Crippen LogP contribution is 2.28. The molecule has 0 aliphatic carbocycles. The summed E-state index contributed by atoms with van der Waals surface area (Å²) in [6, 6.07) is 16.7. The second kappa shape index (κ2) is 6.03. The van der Waals surface area contributed by atoms with Crippen LogP contribution < -0.4 is 5.73 Å². The van der Waals surface area contributed by atoms with E-state index in [0.717, 1.165) is 11.4 Å². The topological polar surface area (TPSA) is 26.0 Å². The molecule has 0 spiro atoms. The summed E-state index contributed by atoms with van der Waals surface area (Å²) in [7, 11) is 0. The maximum Gasteiger partial charge on any atom is 0.0406 e. The first-order valence-corrected chi connectivity index (χ1v) is 6.60.